The molecule has 300 valence electrons. The van der Waals surface area contributed by atoms with E-state index in [0.29, 0.717) is 0 Å². The minimum atomic E-state index is -10.7. The van der Waals surface area contributed by atoms with Crippen molar-refractivity contribution in [3.63, 3.8) is 0 Å². The molecule has 0 unspecified atom stereocenters. The van der Waals surface area contributed by atoms with Crippen LogP contribution in [0.5, 0.6) is 0 Å². The first-order chi connectivity index (χ1) is 26.9. The zero-order valence-electron chi connectivity index (χ0n) is 32.1. The molecule has 0 aromatic heterocycles. The van der Waals surface area contributed by atoms with Crippen LogP contribution in [0.15, 0.2) is 170 Å². The van der Waals surface area contributed by atoms with Gasteiger partial charge in [0.25, 0.3) is 0 Å². The van der Waals surface area contributed by atoms with Crippen LogP contribution in [0.25, 0.3) is 32.7 Å². The maximum absolute atomic E-state index is 10.7. The number of aryl methyl sites for hydroxylation is 4. The Kier molecular flexibility index (Phi) is 12.2. The molecule has 0 bridgehead atoms. The average molecular weight is 887 g/mol. The van der Waals surface area contributed by atoms with E-state index in [0.717, 1.165) is 0 Å². The number of halogens is 6. The number of hydrogen-bond acceptors (Lipinski definition) is 0. The van der Waals surface area contributed by atoms with Gasteiger partial charge in [-0.15, -0.1) is 0 Å². The third-order valence-electron chi connectivity index (χ3n) is 9.71. The van der Waals surface area contributed by atoms with Crippen molar-refractivity contribution in [3.05, 3.63) is 192 Å². The molecule has 8 rings (SSSR count). The van der Waals surface area contributed by atoms with E-state index in [2.05, 4.69) is 198 Å². The van der Waals surface area contributed by atoms with Crippen LogP contribution in [0, 0.1) is 27.7 Å². The zero-order valence-corrected chi connectivity index (χ0v) is 35.7. The van der Waals surface area contributed by atoms with Crippen LogP contribution < -0.4 is 31.8 Å². The Morgan fingerprint density at radius 2 is 0.569 bits per heavy atom. The normalized spacial score (nSPS) is 12.8. The Hall–Kier alpha value is -4.33. The van der Waals surface area contributed by atoms with Gasteiger partial charge < -0.3 is 0 Å². The molecule has 0 fully saturated rings. The van der Waals surface area contributed by atoms with Gasteiger partial charge in [0, 0.05) is 0 Å². The fourth-order valence-electron chi connectivity index (χ4n) is 7.05. The Labute approximate surface area is 348 Å². The quantitative estimate of drug-likeness (QED) is 0.0850. The second-order valence-electron chi connectivity index (χ2n) is 14.3. The van der Waals surface area contributed by atoms with Crippen molar-refractivity contribution in [2.75, 3.05) is 0 Å². The smallest absolute Gasteiger partial charge is 1.00 e. The van der Waals surface area contributed by atoms with Crippen molar-refractivity contribution < 1.29 is 42.3 Å². The molecular formula is C48H40CuF6P3. The summed E-state index contributed by atoms with van der Waals surface area (Å²) in [6.45, 7) is 8.72. The summed E-state index contributed by atoms with van der Waals surface area (Å²) in [6.07, 6.45) is 0. The van der Waals surface area contributed by atoms with Gasteiger partial charge in [-0.3, -0.25) is 0 Å². The summed E-state index contributed by atoms with van der Waals surface area (Å²) in [5.74, 6) is 0. The van der Waals surface area contributed by atoms with Gasteiger partial charge in [0.05, 0.1) is 0 Å². The van der Waals surface area contributed by atoms with E-state index in [1.165, 1.54) is 86.8 Å². The van der Waals surface area contributed by atoms with Gasteiger partial charge in [-0.2, -0.15) is 0 Å². The first-order valence-corrected chi connectivity index (χ1v) is 23.1. The maximum Gasteiger partial charge on any atom is 1.00 e. The van der Waals surface area contributed by atoms with Crippen molar-refractivity contribution in [2.45, 2.75) is 27.7 Å². The fourth-order valence-corrected chi connectivity index (χ4v) is 11.9. The molecular weight excluding hydrogens is 847 g/mol. The topological polar surface area (TPSA) is 0 Å². The minimum Gasteiger partial charge on any atom is 1.00 e. The molecule has 0 saturated carbocycles. The van der Waals surface area contributed by atoms with Crippen LogP contribution in [0.2, 0.25) is 0 Å². The van der Waals surface area contributed by atoms with Gasteiger partial charge in [0.2, 0.25) is 0 Å². The molecule has 0 aliphatic heterocycles. The van der Waals surface area contributed by atoms with E-state index in [4.69, 9.17) is 0 Å². The number of rotatable bonds is 7. The van der Waals surface area contributed by atoms with Crippen molar-refractivity contribution in [2.24, 2.45) is 0 Å². The molecule has 0 N–H and O–H groups in total. The summed E-state index contributed by atoms with van der Waals surface area (Å²) in [4.78, 5) is 0. The van der Waals surface area contributed by atoms with E-state index < -0.39 is 23.7 Å². The van der Waals surface area contributed by atoms with Gasteiger partial charge in [-0.05, 0) is 108 Å². The molecule has 0 heterocycles. The molecule has 0 aliphatic rings. The fraction of sp³-hybridized carbons (Fsp3) is 0.0833. The van der Waals surface area contributed by atoms with Crippen molar-refractivity contribution in [1.82, 2.24) is 0 Å². The predicted octanol–water partition coefficient (Wildman–Crippen LogP) is 13.8. The molecule has 0 saturated heterocycles. The second-order valence-corrected chi connectivity index (χ2v) is 20.6. The second kappa shape index (κ2) is 16.4. The van der Waals surface area contributed by atoms with Crippen LogP contribution in [0.1, 0.15) is 22.3 Å². The number of fused-ring (bicyclic) bond motifs is 2. The van der Waals surface area contributed by atoms with Gasteiger partial charge in [-0.25, -0.2) is 0 Å². The summed E-state index contributed by atoms with van der Waals surface area (Å²) >= 11 is 0. The summed E-state index contributed by atoms with van der Waals surface area (Å²) in [7, 11) is -12.4. The molecule has 10 heteroatoms. The Bertz CT molecular complexity index is 2420. The van der Waals surface area contributed by atoms with Crippen molar-refractivity contribution in [3.8, 4) is 11.1 Å². The standard InChI is InChI=1S/C48H40P2.Cu.F6P/c1-33-13-23-39(24-14-33)49(40-25-15-34(2)16-26-40)45-31-21-37-9-5-7-11-43(37)47(45)48-44-12-8-6-10-38(44)22-32-46(48)50(41-27-17-35(3)18-28-41)42-29-19-36(4)20-30-42;;1-7(2,3,4,5)6/h5-32H,1-4H3;;/q;+1;-1. The summed E-state index contributed by atoms with van der Waals surface area (Å²) in [5.41, 5.74) is 7.84. The van der Waals surface area contributed by atoms with Gasteiger partial charge in [0.15, 0.2) is 0 Å². The van der Waals surface area contributed by atoms with Gasteiger partial charge >= 0.3 is 50.1 Å². The van der Waals surface area contributed by atoms with Crippen LogP contribution in [-0.4, -0.2) is 0 Å². The third-order valence-corrected chi connectivity index (χ3v) is 14.7. The number of hydrogen-bond donors (Lipinski definition) is 0. The molecule has 58 heavy (non-hydrogen) atoms. The third kappa shape index (κ3) is 10.6. The Balaban J connectivity index is 0.000000652. The zero-order chi connectivity index (χ0) is 40.6. The molecule has 0 spiro atoms. The first kappa shape index (κ1) is 43.3. The Morgan fingerprint density at radius 1 is 0.328 bits per heavy atom. The van der Waals surface area contributed by atoms with E-state index in [1.807, 2.05) is 0 Å². The molecule has 0 atom stereocenters. The predicted molar refractivity (Wildman–Crippen MR) is 237 cm³/mol. The maximum atomic E-state index is 9.87. The van der Waals surface area contributed by atoms with Crippen LogP contribution in [-0.2, 0) is 17.1 Å². The molecule has 0 radical (unpaired) electrons. The number of benzene rings is 8. The average Bonchev–Trinajstić information content (AvgIpc) is 3.17. The van der Waals surface area contributed by atoms with E-state index in [-0.39, 0.29) is 17.1 Å². The van der Waals surface area contributed by atoms with E-state index >= 15 is 0 Å². The van der Waals surface area contributed by atoms with E-state index in [9.17, 15) is 25.2 Å². The van der Waals surface area contributed by atoms with E-state index in [1.54, 1.807) is 0 Å². The molecule has 0 amide bonds. The van der Waals surface area contributed by atoms with Crippen molar-refractivity contribution in [1.29, 1.82) is 0 Å². The van der Waals surface area contributed by atoms with Gasteiger partial charge in [0.1, 0.15) is 0 Å². The van der Waals surface area contributed by atoms with Gasteiger partial charge in [-0.1, -0.05) is 192 Å². The summed E-state index contributed by atoms with van der Waals surface area (Å²) in [6, 6.07) is 64.6. The Morgan fingerprint density at radius 3 is 0.828 bits per heavy atom. The summed E-state index contributed by atoms with van der Waals surface area (Å²) < 4.78 is 59.2. The molecule has 0 nitrogen and oxygen atoms in total. The molecule has 0 aliphatic carbocycles. The molecule has 8 aromatic rings. The monoisotopic (exact) mass is 886 g/mol. The SMILES string of the molecule is Cc1ccc(P(c2ccc(C)cc2)c2ccc3ccccc3c2-c2c(P(c3ccc(C)cc3)c3ccc(C)cc3)ccc3ccccc23)cc1.F[P-](F)(F)(F)(F)F.[Cu+]. The van der Waals surface area contributed by atoms with Crippen LogP contribution >= 0.6 is 23.7 Å². The largest absolute Gasteiger partial charge is 1.00 e. The first-order valence-electron chi connectivity index (χ1n) is 18.4. The van der Waals surface area contributed by atoms with Crippen LogP contribution in [0.3, 0.4) is 0 Å². The molecule has 8 aromatic carbocycles. The van der Waals surface area contributed by atoms with Crippen molar-refractivity contribution >= 4 is 77.0 Å². The minimum absolute atomic E-state index is 0. The van der Waals surface area contributed by atoms with Crippen LogP contribution in [0.4, 0.5) is 25.2 Å². The summed E-state index contributed by atoms with van der Waals surface area (Å²) in [5, 5.41) is 13.4.